The summed E-state index contributed by atoms with van der Waals surface area (Å²) in [5.74, 6) is 1.41. The molecule has 0 aliphatic heterocycles. The van der Waals surface area contributed by atoms with Crippen LogP contribution in [0.3, 0.4) is 0 Å². The second-order valence-electron chi connectivity index (χ2n) is 4.52. The van der Waals surface area contributed by atoms with Gasteiger partial charge in [-0.1, -0.05) is 48.3 Å². The number of para-hydroxylation sites is 1. The molecular weight excluding hydrogens is 293 g/mol. The maximum absolute atomic E-state index is 6.26. The van der Waals surface area contributed by atoms with E-state index in [0.29, 0.717) is 22.3 Å². The molecule has 0 atom stereocenters. The summed E-state index contributed by atoms with van der Waals surface area (Å²) in [6, 6.07) is 11.3. The molecule has 0 saturated heterocycles. The SMILES string of the molecule is CCNCc1cccc(Cl)c1Oc1cc(Cl)ccc1C. The van der Waals surface area contributed by atoms with Crippen LogP contribution in [0.5, 0.6) is 11.5 Å². The molecule has 106 valence electrons. The zero-order valence-electron chi connectivity index (χ0n) is 11.5. The summed E-state index contributed by atoms with van der Waals surface area (Å²) < 4.78 is 5.99. The second kappa shape index (κ2) is 6.98. The van der Waals surface area contributed by atoms with Crippen molar-refractivity contribution in [3.63, 3.8) is 0 Å². The molecule has 2 aromatic rings. The Hall–Kier alpha value is -1.22. The van der Waals surface area contributed by atoms with E-state index in [1.165, 1.54) is 0 Å². The van der Waals surface area contributed by atoms with Gasteiger partial charge in [0.15, 0.2) is 5.75 Å². The summed E-state index contributed by atoms with van der Waals surface area (Å²) in [5.41, 5.74) is 2.04. The van der Waals surface area contributed by atoms with Crippen LogP contribution >= 0.6 is 23.2 Å². The molecule has 0 spiro atoms. The fourth-order valence-corrected chi connectivity index (χ4v) is 2.26. The lowest BCUT2D eigenvalue weighted by Gasteiger charge is -2.15. The molecule has 0 aliphatic rings. The number of halogens is 2. The minimum Gasteiger partial charge on any atom is -0.455 e. The highest BCUT2D eigenvalue weighted by atomic mass is 35.5. The highest BCUT2D eigenvalue weighted by Crippen LogP contribution is 2.35. The number of benzene rings is 2. The van der Waals surface area contributed by atoms with Gasteiger partial charge in [0.2, 0.25) is 0 Å². The van der Waals surface area contributed by atoms with E-state index in [0.717, 1.165) is 23.4 Å². The predicted molar refractivity (Wildman–Crippen MR) is 85.1 cm³/mol. The van der Waals surface area contributed by atoms with Gasteiger partial charge in [-0.2, -0.15) is 0 Å². The van der Waals surface area contributed by atoms with Crippen molar-refractivity contribution in [2.75, 3.05) is 6.54 Å². The number of hydrogen-bond acceptors (Lipinski definition) is 2. The van der Waals surface area contributed by atoms with Crippen LogP contribution in [-0.4, -0.2) is 6.54 Å². The van der Waals surface area contributed by atoms with Gasteiger partial charge in [0.1, 0.15) is 5.75 Å². The van der Waals surface area contributed by atoms with E-state index in [-0.39, 0.29) is 0 Å². The maximum atomic E-state index is 6.26. The Morgan fingerprint density at radius 3 is 2.70 bits per heavy atom. The van der Waals surface area contributed by atoms with Gasteiger partial charge in [0.25, 0.3) is 0 Å². The van der Waals surface area contributed by atoms with Crippen LogP contribution in [0.2, 0.25) is 10.0 Å². The van der Waals surface area contributed by atoms with E-state index in [1.807, 2.05) is 37.3 Å². The lowest BCUT2D eigenvalue weighted by Crippen LogP contribution is -2.12. The van der Waals surface area contributed by atoms with E-state index < -0.39 is 0 Å². The first-order valence-electron chi connectivity index (χ1n) is 6.54. The van der Waals surface area contributed by atoms with Crippen LogP contribution in [0.15, 0.2) is 36.4 Å². The Labute approximate surface area is 129 Å². The normalized spacial score (nSPS) is 10.6. The number of nitrogens with one attached hydrogen (secondary N) is 1. The number of aryl methyl sites for hydroxylation is 1. The molecule has 0 bridgehead atoms. The summed E-state index contributed by atoms with van der Waals surface area (Å²) in [4.78, 5) is 0. The minimum atomic E-state index is 0.597. The van der Waals surface area contributed by atoms with Crippen molar-refractivity contribution >= 4 is 23.2 Å². The largest absolute Gasteiger partial charge is 0.455 e. The molecule has 2 aromatic carbocycles. The highest BCUT2D eigenvalue weighted by molar-refractivity contribution is 6.32. The summed E-state index contributed by atoms with van der Waals surface area (Å²) in [6.45, 7) is 5.65. The lowest BCUT2D eigenvalue weighted by molar-refractivity contribution is 0.470. The van der Waals surface area contributed by atoms with Crippen LogP contribution < -0.4 is 10.1 Å². The minimum absolute atomic E-state index is 0.597. The molecule has 0 saturated carbocycles. The molecule has 0 aromatic heterocycles. The van der Waals surface area contributed by atoms with Crippen LogP contribution in [0.25, 0.3) is 0 Å². The molecule has 0 fully saturated rings. The van der Waals surface area contributed by atoms with Gasteiger partial charge in [0.05, 0.1) is 5.02 Å². The van der Waals surface area contributed by atoms with Gasteiger partial charge in [-0.25, -0.2) is 0 Å². The molecule has 1 N–H and O–H groups in total. The van der Waals surface area contributed by atoms with E-state index in [9.17, 15) is 0 Å². The Kier molecular flexibility index (Phi) is 5.30. The van der Waals surface area contributed by atoms with Crippen molar-refractivity contribution < 1.29 is 4.74 Å². The molecule has 0 radical (unpaired) electrons. The molecular formula is C16H17Cl2NO. The lowest BCUT2D eigenvalue weighted by atomic mass is 10.2. The Morgan fingerprint density at radius 2 is 1.95 bits per heavy atom. The summed E-state index contributed by atoms with van der Waals surface area (Å²) in [7, 11) is 0. The van der Waals surface area contributed by atoms with Crippen LogP contribution in [-0.2, 0) is 6.54 Å². The van der Waals surface area contributed by atoms with Crippen molar-refractivity contribution in [2.45, 2.75) is 20.4 Å². The first-order valence-corrected chi connectivity index (χ1v) is 7.29. The maximum Gasteiger partial charge on any atom is 0.150 e. The van der Waals surface area contributed by atoms with Gasteiger partial charge in [-0.15, -0.1) is 0 Å². The Morgan fingerprint density at radius 1 is 1.15 bits per heavy atom. The fraction of sp³-hybridized carbons (Fsp3) is 0.250. The highest BCUT2D eigenvalue weighted by Gasteiger charge is 2.11. The van der Waals surface area contributed by atoms with Crippen LogP contribution in [0, 0.1) is 6.92 Å². The number of hydrogen-bond donors (Lipinski definition) is 1. The molecule has 0 aliphatic carbocycles. The Balaban J connectivity index is 2.34. The number of rotatable bonds is 5. The topological polar surface area (TPSA) is 21.3 Å². The summed E-state index contributed by atoms with van der Waals surface area (Å²) in [5, 5.41) is 4.52. The van der Waals surface area contributed by atoms with E-state index in [4.69, 9.17) is 27.9 Å². The zero-order valence-corrected chi connectivity index (χ0v) is 13.1. The molecule has 0 unspecified atom stereocenters. The third kappa shape index (κ3) is 3.66. The van der Waals surface area contributed by atoms with Crippen molar-refractivity contribution in [2.24, 2.45) is 0 Å². The quantitative estimate of drug-likeness (QED) is 0.819. The van der Waals surface area contributed by atoms with E-state index in [1.54, 1.807) is 6.07 Å². The number of ether oxygens (including phenoxy) is 1. The van der Waals surface area contributed by atoms with Crippen molar-refractivity contribution in [1.29, 1.82) is 0 Å². The molecule has 0 heterocycles. The third-order valence-electron chi connectivity index (χ3n) is 2.98. The summed E-state index contributed by atoms with van der Waals surface area (Å²) in [6.07, 6.45) is 0. The van der Waals surface area contributed by atoms with Crippen molar-refractivity contribution in [3.8, 4) is 11.5 Å². The van der Waals surface area contributed by atoms with Gasteiger partial charge >= 0.3 is 0 Å². The van der Waals surface area contributed by atoms with Crippen LogP contribution in [0.1, 0.15) is 18.1 Å². The average molecular weight is 310 g/mol. The zero-order chi connectivity index (χ0) is 14.5. The Bertz CT molecular complexity index is 599. The van der Waals surface area contributed by atoms with Gasteiger partial charge in [0, 0.05) is 17.1 Å². The fourth-order valence-electron chi connectivity index (χ4n) is 1.86. The summed E-state index contributed by atoms with van der Waals surface area (Å²) >= 11 is 12.3. The van der Waals surface area contributed by atoms with Gasteiger partial charge < -0.3 is 10.1 Å². The molecule has 20 heavy (non-hydrogen) atoms. The smallest absolute Gasteiger partial charge is 0.150 e. The van der Waals surface area contributed by atoms with Gasteiger partial charge in [-0.3, -0.25) is 0 Å². The first kappa shape index (κ1) is 15.2. The molecule has 2 nitrogen and oxygen atoms in total. The van der Waals surface area contributed by atoms with E-state index >= 15 is 0 Å². The monoisotopic (exact) mass is 309 g/mol. The van der Waals surface area contributed by atoms with Crippen molar-refractivity contribution in [3.05, 3.63) is 57.6 Å². The van der Waals surface area contributed by atoms with Crippen molar-refractivity contribution in [1.82, 2.24) is 5.32 Å². The average Bonchev–Trinajstić information content (AvgIpc) is 2.43. The molecule has 4 heteroatoms. The van der Waals surface area contributed by atoms with Gasteiger partial charge in [-0.05, 0) is 37.2 Å². The van der Waals surface area contributed by atoms with E-state index in [2.05, 4.69) is 12.2 Å². The van der Waals surface area contributed by atoms with Crippen LogP contribution in [0.4, 0.5) is 0 Å². The molecule has 2 rings (SSSR count). The predicted octanol–water partition coefficient (Wildman–Crippen LogP) is 5.20. The first-order chi connectivity index (χ1) is 9.61. The third-order valence-corrected chi connectivity index (χ3v) is 3.51. The second-order valence-corrected chi connectivity index (χ2v) is 5.36. The standard InChI is InChI=1S/C16H17Cl2NO/c1-3-19-10-12-5-4-6-14(18)16(12)20-15-9-13(17)8-7-11(15)2/h4-9,19H,3,10H2,1-2H3. The molecule has 0 amide bonds.